The molecule has 0 saturated carbocycles. The number of thiazole rings is 1. The molecule has 0 unspecified atom stereocenters. The summed E-state index contributed by atoms with van der Waals surface area (Å²) in [6, 6.07) is 1.59. The molecule has 0 spiro atoms. The fraction of sp³-hybridized carbons (Fsp3) is 0.333. The molecule has 0 fully saturated rings. The van der Waals surface area contributed by atoms with E-state index >= 15 is 0 Å². The molecule has 0 bridgehead atoms. The highest BCUT2D eigenvalue weighted by atomic mass is 32.2. The third kappa shape index (κ3) is 3.51. The van der Waals surface area contributed by atoms with Crippen LogP contribution in [0.25, 0.3) is 10.8 Å². The van der Waals surface area contributed by atoms with Gasteiger partial charge in [0.2, 0.25) is 0 Å². The SMILES string of the molecule is CCOC(=O)c1ccoc1CSc1nnc(-c2sc(C)nc2C)o1. The van der Waals surface area contributed by atoms with Crippen molar-refractivity contribution >= 4 is 29.1 Å². The maximum atomic E-state index is 11.8. The number of thioether (sulfide) groups is 1. The molecule has 0 atom stereocenters. The number of carbonyl (C=O) groups is 1. The number of hydrogen-bond acceptors (Lipinski definition) is 9. The fourth-order valence-electron chi connectivity index (χ4n) is 2.06. The Morgan fingerprint density at radius 3 is 2.92 bits per heavy atom. The zero-order valence-electron chi connectivity index (χ0n) is 13.4. The van der Waals surface area contributed by atoms with Crippen molar-refractivity contribution in [1.29, 1.82) is 0 Å². The molecule has 3 aromatic rings. The molecule has 0 saturated heterocycles. The van der Waals surface area contributed by atoms with Crippen molar-refractivity contribution in [3.63, 3.8) is 0 Å². The van der Waals surface area contributed by atoms with Crippen molar-refractivity contribution in [2.45, 2.75) is 31.7 Å². The summed E-state index contributed by atoms with van der Waals surface area (Å²) in [4.78, 5) is 17.0. The van der Waals surface area contributed by atoms with Crippen LogP contribution in [0.5, 0.6) is 0 Å². The minimum absolute atomic E-state index is 0.317. The quantitative estimate of drug-likeness (QED) is 0.480. The van der Waals surface area contributed by atoms with Crippen molar-refractivity contribution < 1.29 is 18.4 Å². The normalized spacial score (nSPS) is 11.0. The van der Waals surface area contributed by atoms with Crippen LogP contribution in [-0.4, -0.2) is 27.8 Å². The van der Waals surface area contributed by atoms with Crippen molar-refractivity contribution in [1.82, 2.24) is 15.2 Å². The number of nitrogens with zero attached hydrogens (tertiary/aromatic N) is 3. The number of aromatic nitrogens is 3. The van der Waals surface area contributed by atoms with Crippen molar-refractivity contribution in [3.05, 3.63) is 34.4 Å². The minimum Gasteiger partial charge on any atom is -0.468 e. The first-order valence-electron chi connectivity index (χ1n) is 7.22. The molecule has 0 amide bonds. The monoisotopic (exact) mass is 365 g/mol. The van der Waals surface area contributed by atoms with E-state index in [-0.39, 0.29) is 0 Å². The van der Waals surface area contributed by atoms with Crippen molar-refractivity contribution in [2.75, 3.05) is 6.61 Å². The van der Waals surface area contributed by atoms with Gasteiger partial charge in [-0.2, -0.15) is 0 Å². The molecule has 0 aliphatic heterocycles. The van der Waals surface area contributed by atoms with E-state index in [9.17, 15) is 4.79 Å². The average molecular weight is 365 g/mol. The Bertz CT molecular complexity index is 853. The zero-order valence-corrected chi connectivity index (χ0v) is 15.0. The summed E-state index contributed by atoms with van der Waals surface area (Å²) in [5.74, 6) is 0.959. The lowest BCUT2D eigenvalue weighted by Crippen LogP contribution is -2.05. The molecular weight excluding hydrogens is 350 g/mol. The van der Waals surface area contributed by atoms with Gasteiger partial charge < -0.3 is 13.6 Å². The standard InChI is InChI=1S/C15H15N3O4S2/c1-4-20-14(19)10-5-6-21-11(10)7-23-15-18-17-13(22-15)12-8(2)16-9(3)24-12/h5-6H,4,7H2,1-3H3. The van der Waals surface area contributed by atoms with Gasteiger partial charge in [-0.15, -0.1) is 21.5 Å². The van der Waals surface area contributed by atoms with Crippen LogP contribution in [0.2, 0.25) is 0 Å². The number of esters is 1. The second kappa shape index (κ2) is 7.18. The van der Waals surface area contributed by atoms with E-state index in [0.29, 0.717) is 34.8 Å². The van der Waals surface area contributed by atoms with Gasteiger partial charge in [-0.3, -0.25) is 0 Å². The summed E-state index contributed by atoms with van der Waals surface area (Å²) in [6.45, 7) is 5.91. The van der Waals surface area contributed by atoms with E-state index < -0.39 is 5.97 Å². The Morgan fingerprint density at radius 1 is 1.38 bits per heavy atom. The summed E-state index contributed by atoms with van der Waals surface area (Å²) >= 11 is 2.81. The van der Waals surface area contributed by atoms with Gasteiger partial charge in [0, 0.05) is 0 Å². The Kier molecular flexibility index (Phi) is 5.00. The molecule has 0 N–H and O–H groups in total. The van der Waals surface area contributed by atoms with E-state index in [1.807, 2.05) is 13.8 Å². The first-order valence-corrected chi connectivity index (χ1v) is 9.03. The average Bonchev–Trinajstić information content (AvgIpc) is 3.25. The van der Waals surface area contributed by atoms with E-state index in [1.54, 1.807) is 13.0 Å². The van der Waals surface area contributed by atoms with Gasteiger partial charge >= 0.3 is 5.97 Å². The van der Waals surface area contributed by atoms with Gasteiger partial charge in [-0.05, 0) is 26.8 Å². The van der Waals surface area contributed by atoms with Crippen LogP contribution in [0.4, 0.5) is 0 Å². The number of aryl methyl sites for hydroxylation is 2. The molecule has 0 aromatic carbocycles. The van der Waals surface area contributed by atoms with Gasteiger partial charge in [-0.25, -0.2) is 9.78 Å². The highest BCUT2D eigenvalue weighted by Gasteiger charge is 2.18. The molecule has 3 heterocycles. The van der Waals surface area contributed by atoms with Crippen molar-refractivity contribution in [2.24, 2.45) is 0 Å². The predicted octanol–water partition coefficient (Wildman–Crippen LogP) is 3.87. The lowest BCUT2D eigenvalue weighted by molar-refractivity contribution is 0.0524. The summed E-state index contributed by atoms with van der Waals surface area (Å²) in [5.41, 5.74) is 1.28. The van der Waals surface area contributed by atoms with Crippen LogP contribution in [-0.2, 0) is 10.5 Å². The number of rotatable bonds is 6. The van der Waals surface area contributed by atoms with Crippen LogP contribution in [0, 0.1) is 13.8 Å². The lowest BCUT2D eigenvalue weighted by Gasteiger charge is -2.01. The highest BCUT2D eigenvalue weighted by Crippen LogP contribution is 2.31. The molecule has 3 rings (SSSR count). The first kappa shape index (κ1) is 16.7. The van der Waals surface area contributed by atoms with Gasteiger partial charge in [0.15, 0.2) is 0 Å². The largest absolute Gasteiger partial charge is 0.468 e. The van der Waals surface area contributed by atoms with Gasteiger partial charge in [0.25, 0.3) is 11.1 Å². The van der Waals surface area contributed by atoms with Crippen LogP contribution in [0.1, 0.15) is 33.7 Å². The first-order chi connectivity index (χ1) is 11.6. The fourth-order valence-corrected chi connectivity index (χ4v) is 3.62. The highest BCUT2D eigenvalue weighted by molar-refractivity contribution is 7.98. The molecule has 24 heavy (non-hydrogen) atoms. The van der Waals surface area contributed by atoms with E-state index in [1.165, 1.54) is 29.4 Å². The zero-order chi connectivity index (χ0) is 17.1. The Hall–Kier alpha value is -2.13. The second-order valence-electron chi connectivity index (χ2n) is 4.79. The maximum Gasteiger partial charge on any atom is 0.341 e. The van der Waals surface area contributed by atoms with Gasteiger partial charge in [-0.1, -0.05) is 11.8 Å². The summed E-state index contributed by atoms with van der Waals surface area (Å²) in [5, 5.41) is 9.43. The van der Waals surface area contributed by atoms with Gasteiger partial charge in [0.05, 0.1) is 29.3 Å². The van der Waals surface area contributed by atoms with E-state index in [2.05, 4.69) is 15.2 Å². The number of carbonyl (C=O) groups excluding carboxylic acids is 1. The van der Waals surface area contributed by atoms with Crippen LogP contribution in [0.15, 0.2) is 26.4 Å². The van der Waals surface area contributed by atoms with Crippen LogP contribution in [0.3, 0.4) is 0 Å². The van der Waals surface area contributed by atoms with Gasteiger partial charge in [0.1, 0.15) is 16.2 Å². The maximum absolute atomic E-state index is 11.8. The number of furan rings is 1. The molecule has 126 valence electrons. The van der Waals surface area contributed by atoms with Crippen LogP contribution >= 0.6 is 23.1 Å². The minimum atomic E-state index is -0.399. The molecular formula is C15H15N3O4S2. The predicted molar refractivity (Wildman–Crippen MR) is 89.1 cm³/mol. The van der Waals surface area contributed by atoms with Crippen LogP contribution < -0.4 is 0 Å². The Balaban J connectivity index is 1.69. The van der Waals surface area contributed by atoms with E-state index in [4.69, 9.17) is 13.6 Å². The molecule has 3 aromatic heterocycles. The summed E-state index contributed by atoms with van der Waals surface area (Å²) in [7, 11) is 0. The topological polar surface area (TPSA) is 91.2 Å². The summed E-state index contributed by atoms with van der Waals surface area (Å²) in [6.07, 6.45) is 1.46. The molecule has 7 nitrogen and oxygen atoms in total. The molecule has 0 radical (unpaired) electrons. The number of ether oxygens (including phenoxy) is 1. The molecule has 0 aliphatic carbocycles. The lowest BCUT2D eigenvalue weighted by atomic mass is 10.3. The molecule has 0 aliphatic rings. The van der Waals surface area contributed by atoms with E-state index in [0.717, 1.165) is 15.6 Å². The third-order valence-electron chi connectivity index (χ3n) is 3.07. The molecule has 9 heteroatoms. The smallest absolute Gasteiger partial charge is 0.341 e. The number of hydrogen-bond donors (Lipinski definition) is 0. The third-order valence-corrected chi connectivity index (χ3v) is 4.95. The Labute approximate surface area is 146 Å². The second-order valence-corrected chi connectivity index (χ2v) is 6.92. The Morgan fingerprint density at radius 2 is 2.21 bits per heavy atom. The summed E-state index contributed by atoms with van der Waals surface area (Å²) < 4.78 is 16.0. The van der Waals surface area contributed by atoms with Crippen molar-refractivity contribution in [3.8, 4) is 10.8 Å².